The lowest BCUT2D eigenvalue weighted by Crippen LogP contribution is -2.36. The first-order valence-electron chi connectivity index (χ1n) is 7.58. The van der Waals surface area contributed by atoms with E-state index >= 15 is 0 Å². The van der Waals surface area contributed by atoms with Gasteiger partial charge in [-0.15, -0.1) is 0 Å². The number of hydrogen-bond acceptors (Lipinski definition) is 4. The number of amides is 1. The maximum atomic E-state index is 12.8. The van der Waals surface area contributed by atoms with Crippen molar-refractivity contribution in [3.05, 3.63) is 47.5 Å². The third-order valence-corrected chi connectivity index (χ3v) is 4.34. The number of aromatic nitrogens is 2. The molecule has 1 N–H and O–H groups in total. The van der Waals surface area contributed by atoms with E-state index in [0.29, 0.717) is 17.7 Å². The van der Waals surface area contributed by atoms with Gasteiger partial charge in [-0.05, 0) is 25.0 Å². The standard InChI is InChI=1S/C17H19N3O3/c1-20(15-6-4-3-5-12(15)17(22)23-2)16(21)11-7-8-13-14(9-11)19-10-18-13/h3-6,10-11H,7-9H2,1-2H3,(H,18,19). The van der Waals surface area contributed by atoms with E-state index in [0.717, 1.165) is 24.2 Å². The molecule has 2 aromatic rings. The molecule has 0 aliphatic heterocycles. The smallest absolute Gasteiger partial charge is 0.339 e. The van der Waals surface area contributed by atoms with Gasteiger partial charge in [0.2, 0.25) is 5.91 Å². The summed E-state index contributed by atoms with van der Waals surface area (Å²) in [5, 5.41) is 0. The van der Waals surface area contributed by atoms with Gasteiger partial charge in [0, 0.05) is 25.1 Å². The lowest BCUT2D eigenvalue weighted by molar-refractivity contribution is -0.122. The van der Waals surface area contributed by atoms with Gasteiger partial charge in [0.25, 0.3) is 0 Å². The lowest BCUT2D eigenvalue weighted by atomic mass is 9.88. The molecule has 6 nitrogen and oxygen atoms in total. The quantitative estimate of drug-likeness (QED) is 0.879. The fourth-order valence-corrected chi connectivity index (χ4v) is 3.05. The van der Waals surface area contributed by atoms with Crippen molar-refractivity contribution in [3.63, 3.8) is 0 Å². The molecular formula is C17H19N3O3. The van der Waals surface area contributed by atoms with Crippen molar-refractivity contribution >= 4 is 17.6 Å². The highest BCUT2D eigenvalue weighted by Crippen LogP contribution is 2.27. The van der Waals surface area contributed by atoms with Crippen molar-refractivity contribution in [2.24, 2.45) is 5.92 Å². The number of nitrogens with zero attached hydrogens (tertiary/aromatic N) is 2. The van der Waals surface area contributed by atoms with E-state index in [2.05, 4.69) is 9.97 Å². The molecular weight excluding hydrogens is 294 g/mol. The van der Waals surface area contributed by atoms with Crippen molar-refractivity contribution in [1.29, 1.82) is 0 Å². The zero-order chi connectivity index (χ0) is 16.4. The predicted molar refractivity (Wildman–Crippen MR) is 85.3 cm³/mol. The van der Waals surface area contributed by atoms with Crippen LogP contribution in [0, 0.1) is 5.92 Å². The zero-order valence-corrected chi connectivity index (χ0v) is 13.2. The number of imidazole rings is 1. The number of methoxy groups -OCH3 is 1. The molecule has 1 aliphatic rings. The number of ether oxygens (including phenoxy) is 1. The molecule has 120 valence electrons. The molecule has 0 fully saturated rings. The minimum Gasteiger partial charge on any atom is -0.465 e. The number of aromatic amines is 1. The summed E-state index contributed by atoms with van der Waals surface area (Å²) in [5.41, 5.74) is 3.04. The van der Waals surface area contributed by atoms with Crippen LogP contribution in [0.4, 0.5) is 5.69 Å². The highest BCUT2D eigenvalue weighted by atomic mass is 16.5. The molecule has 0 saturated carbocycles. The number of aryl methyl sites for hydroxylation is 1. The third kappa shape index (κ3) is 2.84. The molecule has 0 spiro atoms. The summed E-state index contributed by atoms with van der Waals surface area (Å²) in [6, 6.07) is 6.98. The van der Waals surface area contributed by atoms with Crippen LogP contribution in [-0.4, -0.2) is 36.0 Å². The van der Waals surface area contributed by atoms with Gasteiger partial charge in [-0.1, -0.05) is 12.1 Å². The number of hydrogen-bond donors (Lipinski definition) is 1. The number of carbonyl (C=O) groups is 2. The number of anilines is 1. The minimum absolute atomic E-state index is 0.00148. The predicted octanol–water partition coefficient (Wildman–Crippen LogP) is 1.96. The van der Waals surface area contributed by atoms with E-state index in [9.17, 15) is 9.59 Å². The number of rotatable bonds is 3. The summed E-state index contributed by atoms with van der Waals surface area (Å²) >= 11 is 0. The van der Waals surface area contributed by atoms with Crippen LogP contribution >= 0.6 is 0 Å². The number of para-hydroxylation sites is 1. The van der Waals surface area contributed by atoms with Crippen LogP contribution in [-0.2, 0) is 22.4 Å². The second kappa shape index (κ2) is 6.24. The first-order chi connectivity index (χ1) is 11.1. The minimum atomic E-state index is -0.445. The van der Waals surface area contributed by atoms with Crippen molar-refractivity contribution in [3.8, 4) is 0 Å². The van der Waals surface area contributed by atoms with E-state index in [4.69, 9.17) is 4.74 Å². The Bertz CT molecular complexity index is 738. The average molecular weight is 313 g/mol. The number of benzene rings is 1. The highest BCUT2D eigenvalue weighted by Gasteiger charge is 2.30. The van der Waals surface area contributed by atoms with Crippen LogP contribution in [0.15, 0.2) is 30.6 Å². The molecule has 1 atom stereocenters. The summed E-state index contributed by atoms with van der Waals surface area (Å²) in [6.07, 6.45) is 3.88. The maximum Gasteiger partial charge on any atom is 0.339 e. The van der Waals surface area contributed by atoms with Gasteiger partial charge >= 0.3 is 5.97 Å². The number of fused-ring (bicyclic) bond motifs is 1. The first-order valence-corrected chi connectivity index (χ1v) is 7.58. The lowest BCUT2D eigenvalue weighted by Gasteiger charge is -2.27. The van der Waals surface area contributed by atoms with E-state index in [1.165, 1.54) is 7.11 Å². The molecule has 0 bridgehead atoms. The number of carbonyl (C=O) groups excluding carboxylic acids is 2. The van der Waals surface area contributed by atoms with E-state index in [1.54, 1.807) is 42.5 Å². The van der Waals surface area contributed by atoms with Crippen molar-refractivity contribution in [2.75, 3.05) is 19.1 Å². The molecule has 6 heteroatoms. The second-order valence-corrected chi connectivity index (χ2v) is 5.67. The highest BCUT2D eigenvalue weighted by molar-refractivity contribution is 6.03. The Labute approximate surface area is 134 Å². The third-order valence-electron chi connectivity index (χ3n) is 4.34. The van der Waals surface area contributed by atoms with Crippen LogP contribution in [0.3, 0.4) is 0 Å². The molecule has 1 aliphatic carbocycles. The van der Waals surface area contributed by atoms with Crippen LogP contribution in [0.25, 0.3) is 0 Å². The molecule has 23 heavy (non-hydrogen) atoms. The Morgan fingerprint density at radius 1 is 1.35 bits per heavy atom. The number of esters is 1. The summed E-state index contributed by atoms with van der Waals surface area (Å²) in [7, 11) is 3.04. The Balaban J connectivity index is 1.82. The summed E-state index contributed by atoms with van der Waals surface area (Å²) in [6.45, 7) is 0. The monoisotopic (exact) mass is 313 g/mol. The molecule has 1 amide bonds. The Hall–Kier alpha value is -2.63. The molecule has 0 radical (unpaired) electrons. The van der Waals surface area contributed by atoms with Gasteiger partial charge in [-0.2, -0.15) is 0 Å². The van der Waals surface area contributed by atoms with Gasteiger partial charge in [-0.3, -0.25) is 4.79 Å². The van der Waals surface area contributed by atoms with Crippen LogP contribution in [0.2, 0.25) is 0 Å². The van der Waals surface area contributed by atoms with E-state index < -0.39 is 5.97 Å². The summed E-state index contributed by atoms with van der Waals surface area (Å²) in [4.78, 5) is 33.6. The summed E-state index contributed by atoms with van der Waals surface area (Å²) in [5.74, 6) is -0.556. The van der Waals surface area contributed by atoms with Crippen LogP contribution < -0.4 is 4.90 Å². The van der Waals surface area contributed by atoms with E-state index in [1.807, 2.05) is 0 Å². The maximum absolute atomic E-state index is 12.8. The zero-order valence-electron chi connectivity index (χ0n) is 13.2. The van der Waals surface area contributed by atoms with Crippen molar-refractivity contribution < 1.29 is 14.3 Å². The van der Waals surface area contributed by atoms with Crippen molar-refractivity contribution in [2.45, 2.75) is 19.3 Å². The van der Waals surface area contributed by atoms with E-state index in [-0.39, 0.29) is 11.8 Å². The Morgan fingerprint density at radius 3 is 2.91 bits per heavy atom. The summed E-state index contributed by atoms with van der Waals surface area (Å²) < 4.78 is 4.80. The van der Waals surface area contributed by atoms with Gasteiger partial charge in [0.05, 0.1) is 30.4 Å². The van der Waals surface area contributed by atoms with Gasteiger partial charge in [0.15, 0.2) is 0 Å². The first kappa shape index (κ1) is 15.3. The fraction of sp³-hybridized carbons (Fsp3) is 0.353. The number of nitrogens with one attached hydrogen (secondary N) is 1. The molecule has 1 heterocycles. The normalized spacial score (nSPS) is 16.5. The van der Waals surface area contributed by atoms with Crippen LogP contribution in [0.5, 0.6) is 0 Å². The molecule has 1 aromatic carbocycles. The number of H-pyrrole nitrogens is 1. The SMILES string of the molecule is COC(=O)c1ccccc1N(C)C(=O)C1CCc2nc[nH]c2C1. The average Bonchev–Trinajstić information content (AvgIpc) is 3.07. The molecule has 0 saturated heterocycles. The fourth-order valence-electron chi connectivity index (χ4n) is 3.05. The molecule has 3 rings (SSSR count). The largest absolute Gasteiger partial charge is 0.465 e. The molecule has 1 aromatic heterocycles. The Morgan fingerprint density at radius 2 is 2.13 bits per heavy atom. The van der Waals surface area contributed by atoms with Gasteiger partial charge in [-0.25, -0.2) is 9.78 Å². The second-order valence-electron chi connectivity index (χ2n) is 5.67. The van der Waals surface area contributed by atoms with Crippen LogP contribution in [0.1, 0.15) is 28.2 Å². The van der Waals surface area contributed by atoms with Gasteiger partial charge in [0.1, 0.15) is 0 Å². The van der Waals surface area contributed by atoms with Crippen molar-refractivity contribution in [1.82, 2.24) is 9.97 Å². The van der Waals surface area contributed by atoms with Gasteiger partial charge < -0.3 is 14.6 Å². The topological polar surface area (TPSA) is 75.3 Å². The Kier molecular flexibility index (Phi) is 4.14. The molecule has 1 unspecified atom stereocenters.